The molecule has 5 nitrogen and oxygen atoms in total. The van der Waals surface area contributed by atoms with E-state index in [1.807, 2.05) is 0 Å². The highest BCUT2D eigenvalue weighted by molar-refractivity contribution is 7.90. The summed E-state index contributed by atoms with van der Waals surface area (Å²) in [5.74, 6) is -2.78. The lowest BCUT2D eigenvalue weighted by molar-refractivity contribution is -0.143. The molecule has 13 heteroatoms. The van der Waals surface area contributed by atoms with Crippen LogP contribution in [0.5, 0.6) is 0 Å². The second kappa shape index (κ2) is 9.88. The van der Waals surface area contributed by atoms with Crippen molar-refractivity contribution in [2.24, 2.45) is 0 Å². The van der Waals surface area contributed by atoms with Crippen LogP contribution in [0.3, 0.4) is 0 Å². The molecule has 2 aromatic carbocycles. The van der Waals surface area contributed by atoms with Crippen LogP contribution in [0.1, 0.15) is 21.5 Å². The number of hydrogen-bond donors (Lipinski definition) is 0. The van der Waals surface area contributed by atoms with Gasteiger partial charge in [0.15, 0.2) is 0 Å². The first-order chi connectivity index (χ1) is 16.6. The van der Waals surface area contributed by atoms with E-state index in [4.69, 9.17) is 0 Å². The molecule has 36 heavy (non-hydrogen) atoms. The Bertz CT molecular complexity index is 1350. The molecule has 0 bridgehead atoms. The number of halogens is 7. The van der Waals surface area contributed by atoms with Gasteiger partial charge in [-0.3, -0.25) is 9.78 Å². The lowest BCUT2D eigenvalue weighted by Crippen LogP contribution is -2.36. The Morgan fingerprint density at radius 3 is 2.03 bits per heavy atom. The molecule has 1 amide bonds. The summed E-state index contributed by atoms with van der Waals surface area (Å²) < 4.78 is 118. The second-order valence-corrected chi connectivity index (χ2v) is 10.0. The van der Waals surface area contributed by atoms with E-state index in [9.17, 15) is 43.9 Å². The molecule has 0 saturated heterocycles. The molecule has 0 radical (unpaired) electrons. The second-order valence-electron chi connectivity index (χ2n) is 7.75. The number of alkyl halides is 6. The van der Waals surface area contributed by atoms with Crippen LogP contribution in [0.25, 0.3) is 11.1 Å². The van der Waals surface area contributed by atoms with E-state index in [0.717, 1.165) is 18.5 Å². The number of amides is 1. The van der Waals surface area contributed by atoms with Gasteiger partial charge in [-0.2, -0.15) is 26.3 Å². The number of rotatable bonds is 6. The quantitative estimate of drug-likeness (QED) is 0.386. The molecule has 0 aliphatic heterocycles. The van der Waals surface area contributed by atoms with E-state index >= 15 is 0 Å². The molecule has 0 fully saturated rings. The average molecular weight is 534 g/mol. The van der Waals surface area contributed by atoms with Gasteiger partial charge in [0.1, 0.15) is 15.7 Å². The van der Waals surface area contributed by atoms with Crippen molar-refractivity contribution in [2.45, 2.75) is 12.4 Å². The van der Waals surface area contributed by atoms with Crippen molar-refractivity contribution < 1.29 is 43.9 Å². The number of hydrogen-bond acceptors (Lipinski definition) is 4. The fourth-order valence-corrected chi connectivity index (χ4v) is 3.85. The largest absolute Gasteiger partial charge is 0.416 e. The van der Waals surface area contributed by atoms with Gasteiger partial charge in [-0.25, -0.2) is 12.8 Å². The molecule has 3 rings (SSSR count). The molecule has 0 saturated carbocycles. The Hall–Kier alpha value is -3.48. The number of pyridine rings is 1. The van der Waals surface area contributed by atoms with Crippen LogP contribution in [0.2, 0.25) is 0 Å². The standard InChI is InChI=1S/C23H17F7N2O3S/c1-36(34,35)9-8-32(20-13-31-7-6-18(20)17-4-2-3-5-19(17)24)21(33)14-10-15(22(25,26)27)12-16(11-14)23(28,29)30/h2-7,10-13H,8-9H2,1H3. The van der Waals surface area contributed by atoms with E-state index in [1.165, 1.54) is 30.5 Å². The van der Waals surface area contributed by atoms with Crippen molar-refractivity contribution in [2.75, 3.05) is 23.5 Å². The summed E-state index contributed by atoms with van der Waals surface area (Å²) >= 11 is 0. The van der Waals surface area contributed by atoms with Gasteiger partial charge in [-0.15, -0.1) is 0 Å². The van der Waals surface area contributed by atoms with Crippen LogP contribution < -0.4 is 4.90 Å². The SMILES string of the molecule is CS(=O)(=O)CCN(C(=O)c1cc(C(F)(F)F)cc(C(F)(F)F)c1)c1cnccc1-c1ccccc1F. The van der Waals surface area contributed by atoms with Gasteiger partial charge in [-0.05, 0) is 30.3 Å². The maximum absolute atomic E-state index is 14.5. The Morgan fingerprint density at radius 1 is 0.917 bits per heavy atom. The number of carbonyl (C=O) groups is 1. The lowest BCUT2D eigenvalue weighted by atomic mass is 10.0. The van der Waals surface area contributed by atoms with Gasteiger partial charge in [0.2, 0.25) is 0 Å². The summed E-state index contributed by atoms with van der Waals surface area (Å²) in [7, 11) is -3.74. The third kappa shape index (κ3) is 6.39. The zero-order valence-corrected chi connectivity index (χ0v) is 19.2. The third-order valence-corrected chi connectivity index (χ3v) is 5.94. The topological polar surface area (TPSA) is 67.3 Å². The third-order valence-electron chi connectivity index (χ3n) is 5.02. The first-order valence-electron chi connectivity index (χ1n) is 10.1. The van der Waals surface area contributed by atoms with Crippen molar-refractivity contribution in [1.82, 2.24) is 4.98 Å². The Balaban J connectivity index is 2.23. The molecular formula is C23H17F7N2O3S. The van der Waals surface area contributed by atoms with E-state index < -0.39 is 62.9 Å². The molecule has 192 valence electrons. The highest BCUT2D eigenvalue weighted by Crippen LogP contribution is 2.38. The normalized spacial score (nSPS) is 12.4. The van der Waals surface area contributed by atoms with E-state index in [-0.39, 0.29) is 35.0 Å². The van der Waals surface area contributed by atoms with Gasteiger partial charge >= 0.3 is 12.4 Å². The first kappa shape index (κ1) is 27.1. The smallest absolute Gasteiger partial charge is 0.305 e. The maximum atomic E-state index is 14.5. The van der Waals surface area contributed by atoms with Crippen molar-refractivity contribution in [3.05, 3.63) is 83.4 Å². The van der Waals surface area contributed by atoms with Crippen molar-refractivity contribution in [3.8, 4) is 11.1 Å². The summed E-state index contributed by atoms with van der Waals surface area (Å²) in [6, 6.07) is 6.91. The van der Waals surface area contributed by atoms with Crippen LogP contribution in [-0.2, 0) is 22.2 Å². The average Bonchev–Trinajstić information content (AvgIpc) is 2.77. The molecule has 0 aliphatic carbocycles. The summed E-state index contributed by atoms with van der Waals surface area (Å²) in [5, 5.41) is 0. The van der Waals surface area contributed by atoms with Crippen LogP contribution in [0.15, 0.2) is 60.9 Å². The number of anilines is 1. The molecule has 3 aromatic rings. The van der Waals surface area contributed by atoms with Gasteiger partial charge in [0.05, 0.1) is 28.8 Å². The predicted molar refractivity (Wildman–Crippen MR) is 117 cm³/mol. The van der Waals surface area contributed by atoms with Crippen LogP contribution >= 0.6 is 0 Å². The van der Waals surface area contributed by atoms with E-state index in [1.54, 1.807) is 0 Å². The Kier molecular flexibility index (Phi) is 7.44. The first-order valence-corrected chi connectivity index (χ1v) is 12.1. The molecule has 0 unspecified atom stereocenters. The minimum absolute atomic E-state index is 0.0213. The minimum Gasteiger partial charge on any atom is -0.305 e. The van der Waals surface area contributed by atoms with Crippen LogP contribution in [-0.4, -0.2) is 37.9 Å². The van der Waals surface area contributed by atoms with Crippen LogP contribution in [0, 0.1) is 5.82 Å². The van der Waals surface area contributed by atoms with Gasteiger partial charge in [0, 0.05) is 35.7 Å². The van der Waals surface area contributed by atoms with Gasteiger partial charge in [0.25, 0.3) is 5.91 Å². The number of aromatic nitrogens is 1. The van der Waals surface area contributed by atoms with E-state index in [0.29, 0.717) is 4.90 Å². The van der Waals surface area contributed by atoms with Crippen molar-refractivity contribution in [1.29, 1.82) is 0 Å². The minimum atomic E-state index is -5.21. The van der Waals surface area contributed by atoms with Gasteiger partial charge < -0.3 is 4.90 Å². The number of benzene rings is 2. The highest BCUT2D eigenvalue weighted by Gasteiger charge is 2.38. The highest BCUT2D eigenvalue weighted by atomic mass is 32.2. The Morgan fingerprint density at radius 2 is 1.50 bits per heavy atom. The maximum Gasteiger partial charge on any atom is 0.416 e. The van der Waals surface area contributed by atoms with E-state index in [2.05, 4.69) is 4.98 Å². The summed E-state index contributed by atoms with van der Waals surface area (Å²) in [6.45, 7) is -0.650. The zero-order chi connectivity index (χ0) is 26.9. The predicted octanol–water partition coefficient (Wildman–Crippen LogP) is 5.62. The Labute approximate surface area is 201 Å². The number of sulfone groups is 1. The zero-order valence-electron chi connectivity index (χ0n) is 18.4. The molecule has 0 N–H and O–H groups in total. The molecule has 0 aliphatic rings. The summed E-state index contributed by atoms with van der Waals surface area (Å²) in [5.41, 5.74) is -4.66. The molecule has 1 aromatic heterocycles. The van der Waals surface area contributed by atoms with Crippen molar-refractivity contribution >= 4 is 21.4 Å². The summed E-state index contributed by atoms with van der Waals surface area (Å²) in [6.07, 6.45) is -7.31. The monoisotopic (exact) mass is 534 g/mol. The lowest BCUT2D eigenvalue weighted by Gasteiger charge is -2.26. The fraction of sp³-hybridized carbons (Fsp3) is 0.217. The van der Waals surface area contributed by atoms with Crippen molar-refractivity contribution in [3.63, 3.8) is 0 Å². The van der Waals surface area contributed by atoms with Crippen LogP contribution in [0.4, 0.5) is 36.4 Å². The molecule has 0 spiro atoms. The number of carbonyl (C=O) groups excluding carboxylic acids is 1. The molecule has 1 heterocycles. The summed E-state index contributed by atoms with van der Waals surface area (Å²) in [4.78, 5) is 17.9. The number of nitrogens with zero attached hydrogens (tertiary/aromatic N) is 2. The fourth-order valence-electron chi connectivity index (χ4n) is 3.33. The molecular weight excluding hydrogens is 517 g/mol. The van der Waals surface area contributed by atoms with Gasteiger partial charge in [-0.1, -0.05) is 18.2 Å². The molecule has 0 atom stereocenters.